The molecule has 0 atom stereocenters. The van der Waals surface area contributed by atoms with Gasteiger partial charge >= 0.3 is 0 Å². The summed E-state index contributed by atoms with van der Waals surface area (Å²) >= 11 is 5.94. The van der Waals surface area contributed by atoms with Crippen LogP contribution in [0.15, 0.2) is 47.7 Å². The van der Waals surface area contributed by atoms with Gasteiger partial charge in [0, 0.05) is 56.7 Å². The zero-order valence-electron chi connectivity index (χ0n) is 15.1. The number of aliphatic imine (C=N–C) groups is 1. The van der Waals surface area contributed by atoms with Crippen molar-refractivity contribution >= 4 is 23.5 Å². The topological polar surface area (TPSA) is 56.7 Å². The van der Waals surface area contributed by atoms with Crippen LogP contribution < -0.4 is 10.2 Å². The van der Waals surface area contributed by atoms with Gasteiger partial charge in [0.25, 0.3) is 0 Å². The smallest absolute Gasteiger partial charge is 0.225 e. The van der Waals surface area contributed by atoms with Crippen LogP contribution in [0.2, 0.25) is 5.02 Å². The molecule has 26 heavy (non-hydrogen) atoms. The van der Waals surface area contributed by atoms with E-state index < -0.39 is 0 Å². The van der Waals surface area contributed by atoms with Gasteiger partial charge in [0.15, 0.2) is 5.96 Å². The number of rotatable bonds is 5. The maximum atomic E-state index is 5.94. The first kappa shape index (κ1) is 18.5. The van der Waals surface area contributed by atoms with Crippen LogP contribution >= 0.6 is 11.6 Å². The van der Waals surface area contributed by atoms with Crippen molar-refractivity contribution in [3.63, 3.8) is 0 Å². The number of hydrogen-bond acceptors (Lipinski definition) is 4. The highest BCUT2D eigenvalue weighted by Gasteiger charge is 2.20. The number of halogens is 1. The first-order valence-corrected chi connectivity index (χ1v) is 9.43. The third-order valence-corrected chi connectivity index (χ3v) is 4.58. The van der Waals surface area contributed by atoms with E-state index in [4.69, 9.17) is 16.6 Å². The molecule has 0 aliphatic carbocycles. The van der Waals surface area contributed by atoms with Crippen molar-refractivity contribution in [1.82, 2.24) is 20.2 Å². The summed E-state index contributed by atoms with van der Waals surface area (Å²) in [7, 11) is 0. The van der Waals surface area contributed by atoms with Crippen molar-refractivity contribution in [2.75, 3.05) is 44.2 Å². The van der Waals surface area contributed by atoms with Crippen molar-refractivity contribution < 1.29 is 0 Å². The molecule has 0 spiro atoms. The zero-order valence-corrected chi connectivity index (χ0v) is 15.9. The largest absolute Gasteiger partial charge is 0.357 e. The van der Waals surface area contributed by atoms with Crippen LogP contribution in [0.5, 0.6) is 0 Å². The lowest BCUT2D eigenvalue weighted by Gasteiger charge is -2.36. The van der Waals surface area contributed by atoms with Gasteiger partial charge in [-0.3, -0.25) is 4.99 Å². The Hall–Kier alpha value is -2.34. The molecule has 1 fully saturated rings. The second-order valence-electron chi connectivity index (χ2n) is 6.14. The first-order chi connectivity index (χ1) is 12.8. The molecule has 0 bridgehead atoms. The maximum absolute atomic E-state index is 5.94. The molecule has 1 saturated heterocycles. The second-order valence-corrected chi connectivity index (χ2v) is 6.57. The third kappa shape index (κ3) is 5.08. The highest BCUT2D eigenvalue weighted by atomic mass is 35.5. The van der Waals surface area contributed by atoms with Gasteiger partial charge in [-0.2, -0.15) is 0 Å². The molecule has 2 aromatic rings. The molecule has 2 heterocycles. The van der Waals surface area contributed by atoms with E-state index in [-0.39, 0.29) is 0 Å². The number of aromatic nitrogens is 2. The molecule has 1 aromatic carbocycles. The van der Waals surface area contributed by atoms with Crippen LogP contribution in [0.1, 0.15) is 12.5 Å². The predicted octanol–water partition coefficient (Wildman–Crippen LogP) is 2.46. The Balaban J connectivity index is 1.55. The minimum absolute atomic E-state index is 0.756. The van der Waals surface area contributed by atoms with Crippen molar-refractivity contribution in [3.05, 3.63) is 53.3 Å². The van der Waals surface area contributed by atoms with E-state index >= 15 is 0 Å². The lowest BCUT2D eigenvalue weighted by molar-refractivity contribution is 0.370. The van der Waals surface area contributed by atoms with E-state index in [1.54, 1.807) is 12.4 Å². The van der Waals surface area contributed by atoms with Crippen LogP contribution in [0.25, 0.3) is 0 Å². The van der Waals surface area contributed by atoms with Gasteiger partial charge in [-0.15, -0.1) is 0 Å². The number of nitrogens with one attached hydrogen (secondary N) is 1. The summed E-state index contributed by atoms with van der Waals surface area (Å²) in [5.74, 6) is 1.78. The van der Waals surface area contributed by atoms with Gasteiger partial charge in [-0.1, -0.05) is 23.7 Å². The van der Waals surface area contributed by atoms with Gasteiger partial charge in [-0.25, -0.2) is 9.97 Å². The molecule has 1 N–H and O–H groups in total. The molecular weight excluding hydrogens is 348 g/mol. The van der Waals surface area contributed by atoms with Crippen LogP contribution in [-0.2, 0) is 6.42 Å². The number of benzene rings is 1. The third-order valence-electron chi connectivity index (χ3n) is 4.32. The summed E-state index contributed by atoms with van der Waals surface area (Å²) in [6, 6.07) is 9.82. The highest BCUT2D eigenvalue weighted by Crippen LogP contribution is 2.11. The van der Waals surface area contributed by atoms with E-state index in [2.05, 4.69) is 44.1 Å². The van der Waals surface area contributed by atoms with Crippen LogP contribution in [-0.4, -0.2) is 60.1 Å². The minimum atomic E-state index is 0.756. The summed E-state index contributed by atoms with van der Waals surface area (Å²) in [5.41, 5.74) is 1.25. The fraction of sp³-hybridized carbons (Fsp3) is 0.421. The van der Waals surface area contributed by atoms with Crippen molar-refractivity contribution in [2.24, 2.45) is 4.99 Å². The molecule has 0 radical (unpaired) electrons. The number of nitrogens with zero attached hydrogens (tertiary/aromatic N) is 5. The molecule has 138 valence electrons. The fourth-order valence-electron chi connectivity index (χ4n) is 2.94. The van der Waals surface area contributed by atoms with Gasteiger partial charge < -0.3 is 15.1 Å². The van der Waals surface area contributed by atoms with E-state index in [1.165, 1.54) is 5.56 Å². The first-order valence-electron chi connectivity index (χ1n) is 9.06. The van der Waals surface area contributed by atoms with E-state index in [9.17, 15) is 0 Å². The number of anilines is 1. The lowest BCUT2D eigenvalue weighted by Crippen LogP contribution is -2.53. The van der Waals surface area contributed by atoms with Gasteiger partial charge in [-0.05, 0) is 37.1 Å². The Kier molecular flexibility index (Phi) is 6.66. The standard InChI is InChI=1S/C19H25ClN6/c1-2-21-18(24-11-8-16-4-6-17(20)7-5-16)25-12-14-26(15-13-25)19-22-9-3-10-23-19/h3-7,9-10H,2,8,11-15H2,1H3,(H,21,24). The number of guanidine groups is 1. The second kappa shape index (κ2) is 9.38. The normalized spacial score (nSPS) is 15.2. The van der Waals surface area contributed by atoms with Crippen molar-refractivity contribution in [2.45, 2.75) is 13.3 Å². The summed E-state index contributed by atoms with van der Waals surface area (Å²) in [5, 5.41) is 4.18. The SMILES string of the molecule is CCNC(=NCCc1ccc(Cl)cc1)N1CCN(c2ncccn2)CC1. The predicted molar refractivity (Wildman–Crippen MR) is 107 cm³/mol. The Morgan fingerprint density at radius 1 is 1.12 bits per heavy atom. The molecule has 0 unspecified atom stereocenters. The average molecular weight is 373 g/mol. The lowest BCUT2D eigenvalue weighted by atomic mass is 10.1. The van der Waals surface area contributed by atoms with Gasteiger partial charge in [0.1, 0.15) is 0 Å². The Morgan fingerprint density at radius 3 is 2.46 bits per heavy atom. The molecule has 1 aliphatic rings. The molecule has 6 nitrogen and oxygen atoms in total. The molecule has 1 aliphatic heterocycles. The van der Waals surface area contributed by atoms with Crippen molar-refractivity contribution in [1.29, 1.82) is 0 Å². The molecule has 0 saturated carbocycles. The monoisotopic (exact) mass is 372 g/mol. The van der Waals surface area contributed by atoms with Gasteiger partial charge in [0.2, 0.25) is 5.95 Å². The molecule has 7 heteroatoms. The Morgan fingerprint density at radius 2 is 1.81 bits per heavy atom. The molecular formula is C19H25ClN6. The van der Waals surface area contributed by atoms with E-state index in [1.807, 2.05) is 18.2 Å². The van der Waals surface area contributed by atoms with E-state index in [0.29, 0.717) is 0 Å². The average Bonchev–Trinajstić information content (AvgIpc) is 2.70. The maximum Gasteiger partial charge on any atom is 0.225 e. The van der Waals surface area contributed by atoms with Gasteiger partial charge in [0.05, 0.1) is 0 Å². The number of piperazine rings is 1. The molecule has 1 aromatic heterocycles. The minimum Gasteiger partial charge on any atom is -0.357 e. The Labute approximate surface area is 159 Å². The summed E-state index contributed by atoms with van der Waals surface area (Å²) in [6.45, 7) is 7.32. The number of hydrogen-bond donors (Lipinski definition) is 1. The summed E-state index contributed by atoms with van der Waals surface area (Å²) in [4.78, 5) is 18.0. The van der Waals surface area contributed by atoms with Crippen molar-refractivity contribution in [3.8, 4) is 0 Å². The molecule has 0 amide bonds. The van der Waals surface area contributed by atoms with Crippen LogP contribution in [0.3, 0.4) is 0 Å². The summed E-state index contributed by atoms with van der Waals surface area (Å²) in [6.07, 6.45) is 4.48. The Bertz CT molecular complexity index is 696. The molecule has 3 rings (SSSR count). The van der Waals surface area contributed by atoms with Crippen LogP contribution in [0, 0.1) is 0 Å². The highest BCUT2D eigenvalue weighted by molar-refractivity contribution is 6.30. The summed E-state index contributed by atoms with van der Waals surface area (Å²) < 4.78 is 0. The van der Waals surface area contributed by atoms with Crippen LogP contribution in [0.4, 0.5) is 5.95 Å². The zero-order chi connectivity index (χ0) is 18.2. The quantitative estimate of drug-likeness (QED) is 0.645. The van der Waals surface area contributed by atoms with E-state index in [0.717, 1.165) is 62.6 Å². The fourth-order valence-corrected chi connectivity index (χ4v) is 3.07.